The van der Waals surface area contributed by atoms with Gasteiger partial charge in [-0.05, 0) is 12.1 Å². The fraction of sp³-hybridized carbons (Fsp3) is 0.0833. The molecule has 3 rings (SSSR count). The number of aromatic amines is 1. The standard InChI is InChI=1S/C12H10N4O/c1-17-12-8(3-2-4-14-12)9-6-15-11-10(9)5-13-7-16-11/h2-7H,1H3,(H,13,15,16). The van der Waals surface area contributed by atoms with Crippen molar-refractivity contribution in [1.29, 1.82) is 0 Å². The SMILES string of the molecule is COc1ncccc1-c1c[nH]c2ncncc12. The summed E-state index contributed by atoms with van der Waals surface area (Å²) in [6, 6.07) is 3.84. The first kappa shape index (κ1) is 9.77. The number of methoxy groups -OCH3 is 1. The topological polar surface area (TPSA) is 63.7 Å². The van der Waals surface area contributed by atoms with Crippen LogP contribution in [-0.2, 0) is 0 Å². The molecule has 0 aliphatic rings. The van der Waals surface area contributed by atoms with Crippen LogP contribution in [0.4, 0.5) is 0 Å². The lowest BCUT2D eigenvalue weighted by molar-refractivity contribution is 0.400. The maximum absolute atomic E-state index is 5.25. The fourth-order valence-corrected chi connectivity index (χ4v) is 1.84. The fourth-order valence-electron chi connectivity index (χ4n) is 1.84. The molecule has 1 N–H and O–H groups in total. The highest BCUT2D eigenvalue weighted by Gasteiger charge is 2.11. The zero-order chi connectivity index (χ0) is 11.7. The third kappa shape index (κ3) is 1.52. The van der Waals surface area contributed by atoms with Crippen LogP contribution in [0.1, 0.15) is 0 Å². The van der Waals surface area contributed by atoms with Gasteiger partial charge in [0.25, 0.3) is 0 Å². The van der Waals surface area contributed by atoms with Crippen molar-refractivity contribution in [2.75, 3.05) is 7.11 Å². The highest BCUT2D eigenvalue weighted by atomic mass is 16.5. The van der Waals surface area contributed by atoms with E-state index >= 15 is 0 Å². The first-order chi connectivity index (χ1) is 8.40. The zero-order valence-electron chi connectivity index (χ0n) is 9.21. The Morgan fingerprint density at radius 3 is 3.06 bits per heavy atom. The van der Waals surface area contributed by atoms with Gasteiger partial charge in [-0.2, -0.15) is 0 Å². The van der Waals surface area contributed by atoms with Crippen LogP contribution in [0.15, 0.2) is 37.1 Å². The molecule has 0 fully saturated rings. The van der Waals surface area contributed by atoms with Gasteiger partial charge in [-0.15, -0.1) is 0 Å². The Morgan fingerprint density at radius 1 is 1.24 bits per heavy atom. The molecule has 0 spiro atoms. The Kier molecular flexibility index (Phi) is 2.22. The van der Waals surface area contributed by atoms with Crippen LogP contribution in [0.5, 0.6) is 5.88 Å². The summed E-state index contributed by atoms with van der Waals surface area (Å²) >= 11 is 0. The summed E-state index contributed by atoms with van der Waals surface area (Å²) in [7, 11) is 1.61. The van der Waals surface area contributed by atoms with E-state index in [1.807, 2.05) is 18.3 Å². The van der Waals surface area contributed by atoms with E-state index in [1.165, 1.54) is 6.33 Å². The van der Waals surface area contributed by atoms with Crippen molar-refractivity contribution in [2.45, 2.75) is 0 Å². The second-order valence-corrected chi connectivity index (χ2v) is 3.55. The third-order valence-corrected chi connectivity index (χ3v) is 2.61. The number of nitrogens with one attached hydrogen (secondary N) is 1. The second kappa shape index (κ2) is 3.86. The largest absolute Gasteiger partial charge is 0.481 e. The van der Waals surface area contributed by atoms with Crippen molar-refractivity contribution in [3.05, 3.63) is 37.1 Å². The molecule has 3 heterocycles. The van der Waals surface area contributed by atoms with E-state index < -0.39 is 0 Å². The minimum Gasteiger partial charge on any atom is -0.481 e. The number of fused-ring (bicyclic) bond motifs is 1. The molecule has 0 aromatic carbocycles. The van der Waals surface area contributed by atoms with Gasteiger partial charge in [-0.1, -0.05) is 0 Å². The van der Waals surface area contributed by atoms with Gasteiger partial charge in [0.05, 0.1) is 7.11 Å². The summed E-state index contributed by atoms with van der Waals surface area (Å²) in [6.07, 6.45) is 6.89. The number of nitrogens with zero attached hydrogens (tertiary/aromatic N) is 3. The summed E-state index contributed by atoms with van der Waals surface area (Å²) in [5.74, 6) is 0.595. The van der Waals surface area contributed by atoms with Gasteiger partial charge >= 0.3 is 0 Å². The molecule has 0 atom stereocenters. The maximum atomic E-state index is 5.25. The minimum absolute atomic E-state index is 0.595. The Labute approximate surface area is 97.5 Å². The Bertz CT molecular complexity index is 662. The van der Waals surface area contributed by atoms with Gasteiger partial charge < -0.3 is 9.72 Å². The number of rotatable bonds is 2. The van der Waals surface area contributed by atoms with E-state index in [2.05, 4.69) is 19.9 Å². The number of aromatic nitrogens is 4. The number of H-pyrrole nitrogens is 1. The molecule has 0 saturated carbocycles. The van der Waals surface area contributed by atoms with Crippen LogP contribution in [0.25, 0.3) is 22.2 Å². The Morgan fingerprint density at radius 2 is 2.18 bits per heavy atom. The number of hydrogen-bond donors (Lipinski definition) is 1. The van der Waals surface area contributed by atoms with Crippen molar-refractivity contribution in [2.24, 2.45) is 0 Å². The van der Waals surface area contributed by atoms with E-state index in [9.17, 15) is 0 Å². The van der Waals surface area contributed by atoms with Crippen LogP contribution >= 0.6 is 0 Å². The van der Waals surface area contributed by atoms with Gasteiger partial charge in [0.15, 0.2) is 0 Å². The van der Waals surface area contributed by atoms with Gasteiger partial charge in [0, 0.05) is 35.1 Å². The Hall–Kier alpha value is -2.43. The second-order valence-electron chi connectivity index (χ2n) is 3.55. The quantitative estimate of drug-likeness (QED) is 0.726. The van der Waals surface area contributed by atoms with Crippen LogP contribution in [-0.4, -0.2) is 27.0 Å². The van der Waals surface area contributed by atoms with Crippen molar-refractivity contribution >= 4 is 11.0 Å². The smallest absolute Gasteiger partial charge is 0.221 e. The first-order valence-corrected chi connectivity index (χ1v) is 5.16. The molecule has 0 saturated heterocycles. The molecular formula is C12H10N4O. The van der Waals surface area contributed by atoms with Crippen molar-refractivity contribution in [1.82, 2.24) is 19.9 Å². The lowest BCUT2D eigenvalue weighted by atomic mass is 10.1. The average Bonchev–Trinajstić information content (AvgIpc) is 2.82. The minimum atomic E-state index is 0.595. The van der Waals surface area contributed by atoms with E-state index in [1.54, 1.807) is 19.5 Å². The molecule has 0 amide bonds. The van der Waals surface area contributed by atoms with Crippen LogP contribution in [0.2, 0.25) is 0 Å². The first-order valence-electron chi connectivity index (χ1n) is 5.16. The van der Waals surface area contributed by atoms with Gasteiger partial charge in [-0.25, -0.2) is 15.0 Å². The number of pyridine rings is 1. The van der Waals surface area contributed by atoms with Crippen molar-refractivity contribution < 1.29 is 4.74 Å². The predicted molar refractivity (Wildman–Crippen MR) is 63.7 cm³/mol. The highest BCUT2D eigenvalue weighted by Crippen LogP contribution is 2.32. The summed E-state index contributed by atoms with van der Waals surface area (Å²) in [5, 5.41) is 0.957. The molecule has 0 radical (unpaired) electrons. The van der Waals surface area contributed by atoms with Crippen molar-refractivity contribution in [3.8, 4) is 17.0 Å². The lowest BCUT2D eigenvalue weighted by Gasteiger charge is -2.04. The van der Waals surface area contributed by atoms with Crippen LogP contribution in [0.3, 0.4) is 0 Å². The van der Waals surface area contributed by atoms with E-state index in [4.69, 9.17) is 4.74 Å². The zero-order valence-corrected chi connectivity index (χ0v) is 9.21. The maximum Gasteiger partial charge on any atom is 0.221 e. The summed E-state index contributed by atoms with van der Waals surface area (Å²) in [5.41, 5.74) is 2.72. The summed E-state index contributed by atoms with van der Waals surface area (Å²) in [4.78, 5) is 15.5. The molecule has 3 aromatic rings. The van der Waals surface area contributed by atoms with Crippen molar-refractivity contribution in [3.63, 3.8) is 0 Å². The molecule has 0 aliphatic carbocycles. The predicted octanol–water partition coefficient (Wildman–Crippen LogP) is 2.03. The average molecular weight is 226 g/mol. The van der Waals surface area contributed by atoms with Gasteiger partial charge in [-0.3, -0.25) is 0 Å². The van der Waals surface area contributed by atoms with E-state index in [0.717, 1.165) is 22.2 Å². The molecule has 17 heavy (non-hydrogen) atoms. The molecule has 5 nitrogen and oxygen atoms in total. The summed E-state index contributed by atoms with van der Waals surface area (Å²) in [6.45, 7) is 0. The molecule has 0 unspecified atom stereocenters. The molecule has 3 aromatic heterocycles. The normalized spacial score (nSPS) is 10.6. The lowest BCUT2D eigenvalue weighted by Crippen LogP contribution is -1.90. The van der Waals surface area contributed by atoms with Crippen LogP contribution < -0.4 is 4.74 Å². The molecule has 0 bridgehead atoms. The molecule has 84 valence electrons. The Balaban J connectivity index is 2.27. The highest BCUT2D eigenvalue weighted by molar-refractivity contribution is 5.94. The van der Waals surface area contributed by atoms with Gasteiger partial charge in [0.2, 0.25) is 5.88 Å². The molecular weight excluding hydrogens is 216 g/mol. The number of ether oxygens (including phenoxy) is 1. The van der Waals surface area contributed by atoms with Gasteiger partial charge in [0.1, 0.15) is 12.0 Å². The van der Waals surface area contributed by atoms with E-state index in [-0.39, 0.29) is 0 Å². The molecule has 5 heteroatoms. The monoisotopic (exact) mass is 226 g/mol. The van der Waals surface area contributed by atoms with E-state index in [0.29, 0.717) is 5.88 Å². The third-order valence-electron chi connectivity index (χ3n) is 2.61. The summed E-state index contributed by atoms with van der Waals surface area (Å²) < 4.78 is 5.25. The number of hydrogen-bond acceptors (Lipinski definition) is 4. The van der Waals surface area contributed by atoms with Crippen LogP contribution in [0, 0.1) is 0 Å². The molecule has 0 aliphatic heterocycles.